The monoisotopic (exact) mass is 515 g/mol. The molecular weight excluding hydrogens is 479 g/mol. The van der Waals surface area contributed by atoms with Crippen LogP contribution in [0.3, 0.4) is 0 Å². The van der Waals surface area contributed by atoms with E-state index in [2.05, 4.69) is 27.6 Å². The summed E-state index contributed by atoms with van der Waals surface area (Å²) in [6.45, 7) is 3.82. The Bertz CT molecular complexity index is 1310. The van der Waals surface area contributed by atoms with E-state index in [1.807, 2.05) is 36.4 Å². The summed E-state index contributed by atoms with van der Waals surface area (Å²) in [6.07, 6.45) is 6.47. The number of fused-ring (bicyclic) bond motifs is 2. The van der Waals surface area contributed by atoms with Crippen LogP contribution in [0.4, 0.5) is 10.2 Å². The molecule has 3 aromatic rings. The van der Waals surface area contributed by atoms with E-state index < -0.39 is 12.1 Å². The highest BCUT2D eigenvalue weighted by Crippen LogP contribution is 2.30. The SMILES string of the molecule is O=C(N[C@H](CN1CCCC1)[C@H](O)c1cc(F)c2c(c1)C[CH+]CC2)[C@@H]1CCN(c2ccc3ccccc3n2)C1. The highest BCUT2D eigenvalue weighted by atomic mass is 19.1. The average molecular weight is 516 g/mol. The van der Waals surface area contributed by atoms with Gasteiger partial charge in [0.25, 0.3) is 0 Å². The van der Waals surface area contributed by atoms with Crippen LogP contribution in [0.2, 0.25) is 0 Å². The van der Waals surface area contributed by atoms with Crippen LogP contribution in [0.1, 0.15) is 48.5 Å². The normalized spacial score (nSPS) is 21.2. The van der Waals surface area contributed by atoms with Crippen LogP contribution >= 0.6 is 0 Å². The number of hydrogen-bond donors (Lipinski definition) is 2. The molecule has 2 aromatic carbocycles. The molecule has 0 unspecified atom stereocenters. The fourth-order valence-electron chi connectivity index (χ4n) is 6.27. The van der Waals surface area contributed by atoms with E-state index in [1.165, 1.54) is 6.07 Å². The van der Waals surface area contributed by atoms with Gasteiger partial charge in [0.05, 0.1) is 30.3 Å². The summed E-state index contributed by atoms with van der Waals surface area (Å²) < 4.78 is 14.9. The predicted molar refractivity (Wildman–Crippen MR) is 147 cm³/mol. The minimum absolute atomic E-state index is 0.0525. The van der Waals surface area contributed by atoms with Gasteiger partial charge in [0.2, 0.25) is 5.91 Å². The number of carbonyl (C=O) groups excluding carboxylic acids is 1. The molecule has 7 heteroatoms. The minimum Gasteiger partial charge on any atom is -0.386 e. The maximum atomic E-state index is 14.9. The molecule has 2 saturated heterocycles. The fraction of sp³-hybridized carbons (Fsp3) is 0.452. The van der Waals surface area contributed by atoms with Gasteiger partial charge in [0, 0.05) is 37.0 Å². The zero-order valence-corrected chi connectivity index (χ0v) is 21.8. The van der Waals surface area contributed by atoms with Crippen LogP contribution in [0.5, 0.6) is 0 Å². The molecule has 0 radical (unpaired) electrons. The van der Waals surface area contributed by atoms with E-state index in [-0.39, 0.29) is 17.6 Å². The zero-order valence-electron chi connectivity index (χ0n) is 21.8. The number of anilines is 1. The molecule has 3 atom stereocenters. The molecule has 2 aliphatic heterocycles. The molecule has 0 saturated carbocycles. The first-order chi connectivity index (χ1) is 18.5. The molecule has 1 aliphatic carbocycles. The number of halogens is 1. The van der Waals surface area contributed by atoms with Gasteiger partial charge >= 0.3 is 0 Å². The van der Waals surface area contributed by atoms with Gasteiger partial charge in [-0.2, -0.15) is 0 Å². The maximum absolute atomic E-state index is 14.9. The van der Waals surface area contributed by atoms with Crippen molar-refractivity contribution in [1.82, 2.24) is 15.2 Å². The molecule has 1 aromatic heterocycles. The number of aromatic nitrogens is 1. The van der Waals surface area contributed by atoms with Crippen molar-refractivity contribution in [3.05, 3.63) is 77.5 Å². The first-order valence-electron chi connectivity index (χ1n) is 14.0. The van der Waals surface area contributed by atoms with Crippen LogP contribution in [-0.2, 0) is 17.6 Å². The summed E-state index contributed by atoms with van der Waals surface area (Å²) in [5, 5.41) is 15.7. The first kappa shape index (κ1) is 25.1. The Balaban J connectivity index is 1.17. The van der Waals surface area contributed by atoms with E-state index in [9.17, 15) is 14.3 Å². The number of para-hydroxylation sites is 1. The number of aliphatic hydroxyl groups is 1. The Labute approximate surface area is 223 Å². The van der Waals surface area contributed by atoms with Gasteiger partial charge in [0.15, 0.2) is 0 Å². The van der Waals surface area contributed by atoms with Crippen LogP contribution in [0.25, 0.3) is 10.9 Å². The lowest BCUT2D eigenvalue weighted by molar-refractivity contribution is -0.126. The smallest absolute Gasteiger partial charge is 0.225 e. The number of aliphatic hydroxyl groups excluding tert-OH is 1. The van der Waals surface area contributed by atoms with Gasteiger partial charge < -0.3 is 20.2 Å². The van der Waals surface area contributed by atoms with Crippen LogP contribution < -0.4 is 10.2 Å². The summed E-state index contributed by atoms with van der Waals surface area (Å²) in [5.74, 6) is 0.397. The lowest BCUT2D eigenvalue weighted by atomic mass is 9.88. The van der Waals surface area contributed by atoms with Gasteiger partial charge in [-0.3, -0.25) is 4.79 Å². The van der Waals surface area contributed by atoms with Crippen molar-refractivity contribution < 1.29 is 14.3 Å². The minimum atomic E-state index is -0.971. The second-order valence-electron chi connectivity index (χ2n) is 11.0. The van der Waals surface area contributed by atoms with Gasteiger partial charge in [-0.15, -0.1) is 0 Å². The van der Waals surface area contributed by atoms with E-state index in [1.54, 1.807) is 0 Å². The van der Waals surface area contributed by atoms with E-state index in [4.69, 9.17) is 4.98 Å². The van der Waals surface area contributed by atoms with Crippen LogP contribution in [0, 0.1) is 18.2 Å². The van der Waals surface area contributed by atoms with Gasteiger partial charge in [-0.1, -0.05) is 18.2 Å². The Kier molecular flexibility index (Phi) is 7.22. The van der Waals surface area contributed by atoms with Crippen molar-refractivity contribution in [2.24, 2.45) is 5.92 Å². The third-order valence-corrected chi connectivity index (χ3v) is 8.44. The summed E-state index contributed by atoms with van der Waals surface area (Å²) in [5.41, 5.74) is 3.21. The Morgan fingerprint density at radius 2 is 2.00 bits per heavy atom. The van der Waals surface area contributed by atoms with Crippen LogP contribution in [0.15, 0.2) is 48.5 Å². The molecule has 3 aliphatic rings. The molecule has 38 heavy (non-hydrogen) atoms. The topological polar surface area (TPSA) is 68.7 Å². The van der Waals surface area contributed by atoms with Crippen molar-refractivity contribution in [2.75, 3.05) is 37.6 Å². The fourth-order valence-corrected chi connectivity index (χ4v) is 6.27. The predicted octanol–water partition coefficient (Wildman–Crippen LogP) is 4.21. The van der Waals surface area contributed by atoms with Crippen molar-refractivity contribution in [1.29, 1.82) is 0 Å². The maximum Gasteiger partial charge on any atom is 0.225 e. The summed E-state index contributed by atoms with van der Waals surface area (Å²) in [6, 6.07) is 15.0. The number of nitrogens with zero attached hydrogens (tertiary/aromatic N) is 3. The van der Waals surface area contributed by atoms with Gasteiger partial charge in [-0.25, -0.2) is 9.37 Å². The third-order valence-electron chi connectivity index (χ3n) is 8.44. The molecule has 3 heterocycles. The van der Waals surface area contributed by atoms with E-state index >= 15 is 0 Å². The third kappa shape index (κ3) is 5.22. The van der Waals surface area contributed by atoms with Crippen molar-refractivity contribution in [2.45, 2.75) is 50.7 Å². The number of nitrogens with one attached hydrogen (secondary N) is 1. The molecule has 6 rings (SSSR count). The summed E-state index contributed by atoms with van der Waals surface area (Å²) in [4.78, 5) is 22.7. The molecular formula is C31H36FN4O2+. The standard InChI is InChI=1S/C31H35FN4O2/c32-26-18-24(17-22-8-1-3-9-25(22)26)30(37)28(20-35-14-5-6-15-35)34-31(38)23-13-16-36(19-23)29-12-11-21-7-2-4-10-27(21)33-29/h1-2,4,7,10-12,17-18,23,28,30,37H,3,5-6,8-9,13-16,19-20H2/p+1/t23-,28-,30-/m1/s1. The number of carbonyl (C=O) groups is 1. The van der Waals surface area contributed by atoms with Gasteiger partial charge in [0.1, 0.15) is 24.2 Å². The van der Waals surface area contributed by atoms with Gasteiger partial charge in [-0.05, 0) is 73.8 Å². The molecule has 0 bridgehead atoms. The lowest BCUT2D eigenvalue weighted by Crippen LogP contribution is -2.48. The number of amides is 1. The summed E-state index contributed by atoms with van der Waals surface area (Å²) in [7, 11) is 0. The molecule has 6 nitrogen and oxygen atoms in total. The zero-order chi connectivity index (χ0) is 26.1. The number of pyridine rings is 1. The van der Waals surface area contributed by atoms with E-state index in [0.29, 0.717) is 25.1 Å². The van der Waals surface area contributed by atoms with Crippen LogP contribution in [-0.4, -0.2) is 59.7 Å². The second kappa shape index (κ2) is 10.9. The average Bonchev–Trinajstić information content (AvgIpc) is 3.65. The molecule has 0 spiro atoms. The molecule has 2 N–H and O–H groups in total. The Morgan fingerprint density at radius 1 is 1.16 bits per heavy atom. The number of hydrogen-bond acceptors (Lipinski definition) is 5. The Morgan fingerprint density at radius 3 is 2.87 bits per heavy atom. The van der Waals surface area contributed by atoms with Crippen molar-refractivity contribution in [3.63, 3.8) is 0 Å². The highest BCUT2D eigenvalue weighted by molar-refractivity contribution is 5.82. The second-order valence-corrected chi connectivity index (χ2v) is 11.0. The largest absolute Gasteiger partial charge is 0.386 e. The lowest BCUT2D eigenvalue weighted by Gasteiger charge is -2.30. The van der Waals surface area contributed by atoms with Crippen molar-refractivity contribution in [3.8, 4) is 0 Å². The quantitative estimate of drug-likeness (QED) is 0.462. The first-order valence-corrected chi connectivity index (χ1v) is 14.0. The number of benzene rings is 2. The summed E-state index contributed by atoms with van der Waals surface area (Å²) >= 11 is 0. The van der Waals surface area contributed by atoms with Crippen molar-refractivity contribution >= 4 is 22.6 Å². The molecule has 198 valence electrons. The molecule has 1 amide bonds. The highest BCUT2D eigenvalue weighted by Gasteiger charge is 2.34. The van der Waals surface area contributed by atoms with E-state index in [0.717, 1.165) is 79.6 Å². The number of rotatable bonds is 7. The number of likely N-dealkylation sites (tertiary alicyclic amines) is 1. The molecule has 2 fully saturated rings. The Hall–Kier alpha value is -3.16.